The number of hydrogen-bond donors (Lipinski definition) is 1. The zero-order valence-electron chi connectivity index (χ0n) is 14.2. The number of nitrogens with one attached hydrogen (secondary N) is 1. The van der Waals surface area contributed by atoms with Crippen LogP contribution >= 0.6 is 0 Å². The standard InChI is InChI=1S/C17H29N3O/c1-12(2)11-21-15-10-14(17(15,3)4)19-13-8-7-9-18-16(13)20(5)6/h7-9,12,14-15,19H,10-11H2,1-6H3. The molecule has 118 valence electrons. The lowest BCUT2D eigenvalue weighted by molar-refractivity contribution is -0.108. The van der Waals surface area contributed by atoms with Gasteiger partial charge < -0.3 is 15.0 Å². The number of nitrogens with zero attached hydrogens (tertiary/aromatic N) is 2. The maximum atomic E-state index is 6.03. The summed E-state index contributed by atoms with van der Waals surface area (Å²) in [7, 11) is 4.04. The molecule has 0 aliphatic heterocycles. The van der Waals surface area contributed by atoms with Crippen molar-refractivity contribution in [3.63, 3.8) is 0 Å². The Bertz CT molecular complexity index is 471. The van der Waals surface area contributed by atoms with Gasteiger partial charge in [-0.2, -0.15) is 0 Å². The summed E-state index contributed by atoms with van der Waals surface area (Å²) in [6.45, 7) is 9.80. The van der Waals surface area contributed by atoms with Gasteiger partial charge in [-0.15, -0.1) is 0 Å². The Morgan fingerprint density at radius 1 is 1.43 bits per heavy atom. The Balaban J connectivity index is 1.99. The zero-order valence-corrected chi connectivity index (χ0v) is 14.2. The van der Waals surface area contributed by atoms with Crippen LogP contribution in [-0.2, 0) is 4.74 Å². The van der Waals surface area contributed by atoms with Crippen LogP contribution < -0.4 is 10.2 Å². The van der Waals surface area contributed by atoms with Gasteiger partial charge in [-0.3, -0.25) is 0 Å². The van der Waals surface area contributed by atoms with Gasteiger partial charge in [0.05, 0.1) is 11.8 Å². The fourth-order valence-electron chi connectivity index (χ4n) is 2.78. The summed E-state index contributed by atoms with van der Waals surface area (Å²) < 4.78 is 6.03. The number of hydrogen-bond acceptors (Lipinski definition) is 4. The van der Waals surface area contributed by atoms with Crippen LogP contribution in [0.4, 0.5) is 11.5 Å². The van der Waals surface area contributed by atoms with Gasteiger partial charge in [0, 0.05) is 38.4 Å². The second-order valence-corrected chi connectivity index (χ2v) is 7.24. The van der Waals surface area contributed by atoms with E-state index >= 15 is 0 Å². The van der Waals surface area contributed by atoms with E-state index in [1.54, 1.807) is 0 Å². The third-order valence-corrected chi connectivity index (χ3v) is 4.35. The number of pyridine rings is 1. The van der Waals surface area contributed by atoms with E-state index in [1.165, 1.54) is 0 Å². The van der Waals surface area contributed by atoms with Crippen LogP contribution in [0.2, 0.25) is 0 Å². The molecule has 4 heteroatoms. The van der Waals surface area contributed by atoms with E-state index < -0.39 is 0 Å². The molecule has 0 saturated heterocycles. The van der Waals surface area contributed by atoms with Gasteiger partial charge in [0.15, 0.2) is 5.82 Å². The molecule has 2 atom stereocenters. The molecule has 21 heavy (non-hydrogen) atoms. The molecule has 1 heterocycles. The molecule has 2 rings (SSSR count). The number of aromatic nitrogens is 1. The van der Waals surface area contributed by atoms with Crippen LogP contribution in [-0.4, -0.2) is 37.8 Å². The molecule has 1 aromatic heterocycles. The molecule has 0 amide bonds. The van der Waals surface area contributed by atoms with Crippen molar-refractivity contribution in [1.82, 2.24) is 4.98 Å². The summed E-state index contributed by atoms with van der Waals surface area (Å²) in [5.74, 6) is 1.58. The van der Waals surface area contributed by atoms with E-state index in [0.717, 1.165) is 24.5 Å². The van der Waals surface area contributed by atoms with Crippen LogP contribution in [0.5, 0.6) is 0 Å². The summed E-state index contributed by atoms with van der Waals surface area (Å²) >= 11 is 0. The minimum absolute atomic E-state index is 0.147. The summed E-state index contributed by atoms with van der Waals surface area (Å²) in [4.78, 5) is 6.49. The molecule has 0 spiro atoms. The molecular formula is C17H29N3O. The summed E-state index contributed by atoms with van der Waals surface area (Å²) in [6.07, 6.45) is 3.24. The average Bonchev–Trinajstić information content (AvgIpc) is 2.41. The number of anilines is 2. The maximum Gasteiger partial charge on any atom is 0.151 e. The highest BCUT2D eigenvalue weighted by atomic mass is 16.5. The first-order valence-corrected chi connectivity index (χ1v) is 7.83. The predicted octanol–water partition coefficient (Wildman–Crippen LogP) is 3.40. The lowest BCUT2D eigenvalue weighted by atomic mass is 9.64. The lowest BCUT2D eigenvalue weighted by Gasteiger charge is -2.52. The fourth-order valence-corrected chi connectivity index (χ4v) is 2.78. The highest BCUT2D eigenvalue weighted by Crippen LogP contribution is 2.45. The molecule has 1 aliphatic rings. The molecule has 1 N–H and O–H groups in total. The van der Waals surface area contributed by atoms with Crippen LogP contribution in [0.25, 0.3) is 0 Å². The highest BCUT2D eigenvalue weighted by Gasteiger charge is 2.49. The topological polar surface area (TPSA) is 37.4 Å². The van der Waals surface area contributed by atoms with Crippen molar-refractivity contribution in [3.8, 4) is 0 Å². The Morgan fingerprint density at radius 2 is 2.14 bits per heavy atom. The SMILES string of the molecule is CC(C)COC1CC(Nc2cccnc2N(C)C)C1(C)C. The van der Waals surface area contributed by atoms with Gasteiger partial charge in [-0.1, -0.05) is 27.7 Å². The highest BCUT2D eigenvalue weighted by molar-refractivity contribution is 5.65. The van der Waals surface area contributed by atoms with Crippen LogP contribution in [0.1, 0.15) is 34.1 Å². The first-order valence-electron chi connectivity index (χ1n) is 7.83. The molecule has 4 nitrogen and oxygen atoms in total. The molecule has 1 fully saturated rings. The molecule has 0 radical (unpaired) electrons. The van der Waals surface area contributed by atoms with Crippen molar-refractivity contribution in [2.75, 3.05) is 30.9 Å². The molecule has 1 aliphatic carbocycles. The molecular weight excluding hydrogens is 262 g/mol. The number of rotatable bonds is 6. The molecule has 1 aromatic rings. The average molecular weight is 291 g/mol. The molecule has 0 bridgehead atoms. The van der Waals surface area contributed by atoms with Crippen molar-refractivity contribution >= 4 is 11.5 Å². The third kappa shape index (κ3) is 3.49. The second kappa shape index (κ2) is 6.22. The first kappa shape index (κ1) is 16.1. The predicted molar refractivity (Wildman–Crippen MR) is 89.0 cm³/mol. The summed E-state index contributed by atoms with van der Waals surface area (Å²) in [5, 5.41) is 3.65. The largest absolute Gasteiger partial charge is 0.379 e. The fraction of sp³-hybridized carbons (Fsp3) is 0.706. The monoisotopic (exact) mass is 291 g/mol. The Hall–Kier alpha value is -1.29. The van der Waals surface area contributed by atoms with Gasteiger partial charge in [0.25, 0.3) is 0 Å². The summed E-state index contributed by atoms with van der Waals surface area (Å²) in [5.41, 5.74) is 1.25. The Kier molecular flexibility index (Phi) is 4.77. The Morgan fingerprint density at radius 3 is 2.71 bits per heavy atom. The summed E-state index contributed by atoms with van der Waals surface area (Å²) in [6, 6.07) is 4.51. The van der Waals surface area contributed by atoms with Gasteiger partial charge in [0.2, 0.25) is 0 Å². The van der Waals surface area contributed by atoms with Crippen molar-refractivity contribution in [2.45, 2.75) is 46.3 Å². The van der Waals surface area contributed by atoms with Crippen LogP contribution in [0.15, 0.2) is 18.3 Å². The van der Waals surface area contributed by atoms with E-state index in [0.29, 0.717) is 18.1 Å². The van der Waals surface area contributed by atoms with Crippen molar-refractivity contribution in [1.29, 1.82) is 0 Å². The van der Waals surface area contributed by atoms with Crippen LogP contribution in [0.3, 0.4) is 0 Å². The smallest absolute Gasteiger partial charge is 0.151 e. The van der Waals surface area contributed by atoms with E-state index in [1.807, 2.05) is 31.3 Å². The van der Waals surface area contributed by atoms with Crippen molar-refractivity contribution < 1.29 is 4.74 Å². The quantitative estimate of drug-likeness (QED) is 0.871. The van der Waals surface area contributed by atoms with Gasteiger partial charge >= 0.3 is 0 Å². The van der Waals surface area contributed by atoms with Gasteiger partial charge in [-0.05, 0) is 24.5 Å². The Labute approximate surface area is 128 Å². The van der Waals surface area contributed by atoms with E-state index in [-0.39, 0.29) is 5.41 Å². The minimum atomic E-state index is 0.147. The zero-order chi connectivity index (χ0) is 15.6. The number of ether oxygens (including phenoxy) is 1. The van der Waals surface area contributed by atoms with E-state index in [4.69, 9.17) is 4.74 Å². The molecule has 0 aromatic carbocycles. The normalized spacial score (nSPS) is 23.8. The molecule has 1 saturated carbocycles. The second-order valence-electron chi connectivity index (χ2n) is 7.24. The van der Waals surface area contributed by atoms with E-state index in [9.17, 15) is 0 Å². The van der Waals surface area contributed by atoms with Crippen LogP contribution in [0, 0.1) is 11.3 Å². The minimum Gasteiger partial charge on any atom is -0.379 e. The molecule has 2 unspecified atom stereocenters. The third-order valence-electron chi connectivity index (χ3n) is 4.35. The van der Waals surface area contributed by atoms with Gasteiger partial charge in [-0.25, -0.2) is 4.98 Å². The lowest BCUT2D eigenvalue weighted by Crippen LogP contribution is -2.58. The van der Waals surface area contributed by atoms with Crippen molar-refractivity contribution in [2.24, 2.45) is 11.3 Å². The van der Waals surface area contributed by atoms with E-state index in [2.05, 4.69) is 44.1 Å². The van der Waals surface area contributed by atoms with Crippen molar-refractivity contribution in [3.05, 3.63) is 18.3 Å². The first-order chi connectivity index (χ1) is 9.82. The maximum absolute atomic E-state index is 6.03. The van der Waals surface area contributed by atoms with Gasteiger partial charge in [0.1, 0.15) is 0 Å².